The van der Waals surface area contributed by atoms with Crippen molar-refractivity contribution in [3.63, 3.8) is 0 Å². The van der Waals surface area contributed by atoms with Crippen LogP contribution in [0.25, 0.3) is 5.69 Å². The van der Waals surface area contributed by atoms with Crippen molar-refractivity contribution in [3.05, 3.63) is 64.9 Å². The molecular formula is C21H22ClN5OS. The van der Waals surface area contributed by atoms with Gasteiger partial charge in [0.25, 0.3) is 0 Å². The molecule has 0 aliphatic rings. The topological polar surface area (TPSA) is 67.0 Å². The molecule has 1 atom stereocenters. The van der Waals surface area contributed by atoms with Crippen LogP contribution in [0, 0.1) is 11.3 Å². The zero-order valence-corrected chi connectivity index (χ0v) is 18.1. The molecule has 8 heteroatoms. The molecule has 29 heavy (non-hydrogen) atoms. The fourth-order valence-electron chi connectivity index (χ4n) is 2.63. The highest BCUT2D eigenvalue weighted by Gasteiger charge is 2.20. The molecule has 0 fully saturated rings. The van der Waals surface area contributed by atoms with Gasteiger partial charge in [-0.2, -0.15) is 5.26 Å². The van der Waals surface area contributed by atoms with Crippen LogP contribution >= 0.6 is 23.4 Å². The van der Waals surface area contributed by atoms with E-state index in [0.29, 0.717) is 22.9 Å². The highest BCUT2D eigenvalue weighted by molar-refractivity contribution is 7.99. The highest BCUT2D eigenvalue weighted by Crippen LogP contribution is 2.27. The number of nitrogens with zero attached hydrogens (tertiary/aromatic N) is 5. The fraction of sp³-hybridized carbons (Fsp3) is 0.286. The zero-order chi connectivity index (χ0) is 20.8. The summed E-state index contributed by atoms with van der Waals surface area (Å²) in [7, 11) is 4.04. The highest BCUT2D eigenvalue weighted by atomic mass is 35.5. The second-order valence-corrected chi connectivity index (χ2v) is 8.12. The molecule has 6 nitrogen and oxygen atoms in total. The Bertz CT molecular complexity index is 980. The second kappa shape index (κ2) is 9.79. The first kappa shape index (κ1) is 21.2. The Balaban J connectivity index is 1.72. The van der Waals surface area contributed by atoms with Crippen molar-refractivity contribution in [1.29, 1.82) is 5.26 Å². The fourth-order valence-corrected chi connectivity index (χ4v) is 3.53. The van der Waals surface area contributed by atoms with Crippen molar-refractivity contribution >= 4 is 23.4 Å². The van der Waals surface area contributed by atoms with Crippen LogP contribution in [0.15, 0.2) is 53.7 Å². The Morgan fingerprint density at radius 3 is 2.45 bits per heavy atom. The molecular weight excluding hydrogens is 406 g/mol. The van der Waals surface area contributed by atoms with Gasteiger partial charge in [-0.15, -0.1) is 10.2 Å². The number of benzene rings is 2. The van der Waals surface area contributed by atoms with Crippen LogP contribution in [-0.2, 0) is 0 Å². The number of halogens is 1. The van der Waals surface area contributed by atoms with Gasteiger partial charge in [0.05, 0.1) is 24.3 Å². The quantitative estimate of drug-likeness (QED) is 0.387. The van der Waals surface area contributed by atoms with E-state index >= 15 is 0 Å². The summed E-state index contributed by atoms with van der Waals surface area (Å²) in [5.41, 5.74) is 1.59. The van der Waals surface area contributed by atoms with Gasteiger partial charge < -0.3 is 4.74 Å². The third-order valence-corrected chi connectivity index (χ3v) is 5.60. The van der Waals surface area contributed by atoms with Gasteiger partial charge in [-0.25, -0.2) is 0 Å². The number of thioether (sulfide) groups is 1. The van der Waals surface area contributed by atoms with Crippen LogP contribution in [-0.4, -0.2) is 46.1 Å². The molecule has 3 rings (SSSR count). The van der Waals surface area contributed by atoms with Crippen LogP contribution in [0.5, 0.6) is 5.75 Å². The molecule has 150 valence electrons. The third-order valence-electron chi connectivity index (χ3n) is 4.46. The molecule has 0 saturated carbocycles. The van der Waals surface area contributed by atoms with E-state index in [-0.39, 0.29) is 6.04 Å². The number of aromatic nitrogens is 3. The van der Waals surface area contributed by atoms with E-state index in [9.17, 15) is 0 Å². The Morgan fingerprint density at radius 2 is 1.83 bits per heavy atom. The maximum absolute atomic E-state index is 8.86. The van der Waals surface area contributed by atoms with Crippen LogP contribution in [0.3, 0.4) is 0 Å². The first-order chi connectivity index (χ1) is 14.0. The number of ether oxygens (including phenoxy) is 1. The van der Waals surface area contributed by atoms with Crippen molar-refractivity contribution in [2.75, 3.05) is 26.5 Å². The number of hydrogen-bond acceptors (Lipinski definition) is 6. The molecule has 0 spiro atoms. The van der Waals surface area contributed by atoms with E-state index in [2.05, 4.69) is 32.7 Å². The Morgan fingerprint density at radius 1 is 1.14 bits per heavy atom. The van der Waals surface area contributed by atoms with E-state index < -0.39 is 0 Å². The zero-order valence-electron chi connectivity index (χ0n) is 16.5. The molecule has 0 radical (unpaired) electrons. The van der Waals surface area contributed by atoms with Crippen molar-refractivity contribution in [2.45, 2.75) is 18.1 Å². The van der Waals surface area contributed by atoms with Gasteiger partial charge in [-0.05, 0) is 69.6 Å². The molecule has 0 saturated heterocycles. The summed E-state index contributed by atoms with van der Waals surface area (Å²) in [6, 6.07) is 17.0. The van der Waals surface area contributed by atoms with Crippen LogP contribution in [0.2, 0.25) is 5.02 Å². The molecule has 1 heterocycles. The van der Waals surface area contributed by atoms with Crippen molar-refractivity contribution in [2.24, 2.45) is 0 Å². The summed E-state index contributed by atoms with van der Waals surface area (Å²) in [4.78, 5) is 2.10. The van der Waals surface area contributed by atoms with E-state index in [1.807, 2.05) is 38.4 Å². The molecule has 0 aliphatic heterocycles. The monoisotopic (exact) mass is 427 g/mol. The van der Waals surface area contributed by atoms with Gasteiger partial charge in [0, 0.05) is 16.5 Å². The van der Waals surface area contributed by atoms with Crippen LogP contribution < -0.4 is 4.74 Å². The average Bonchev–Trinajstić information content (AvgIpc) is 3.15. The minimum absolute atomic E-state index is 0.0995. The molecule has 0 aliphatic carbocycles. The van der Waals surface area contributed by atoms with Crippen molar-refractivity contribution in [1.82, 2.24) is 19.7 Å². The van der Waals surface area contributed by atoms with Gasteiger partial charge in [0.1, 0.15) is 5.75 Å². The maximum Gasteiger partial charge on any atom is 0.196 e. The van der Waals surface area contributed by atoms with Gasteiger partial charge in [-0.3, -0.25) is 9.47 Å². The van der Waals surface area contributed by atoms with Gasteiger partial charge >= 0.3 is 0 Å². The molecule has 3 aromatic rings. The Kier molecular flexibility index (Phi) is 7.15. The Labute approximate surface area is 180 Å². The summed E-state index contributed by atoms with van der Waals surface area (Å²) in [6.45, 7) is 2.61. The molecule has 2 aromatic carbocycles. The molecule has 1 unspecified atom stereocenters. The van der Waals surface area contributed by atoms with E-state index in [0.717, 1.165) is 22.4 Å². The minimum Gasteiger partial charge on any atom is -0.493 e. The lowest BCUT2D eigenvalue weighted by atomic mass is 10.2. The summed E-state index contributed by atoms with van der Waals surface area (Å²) in [5, 5.41) is 19.2. The molecule has 1 aromatic heterocycles. The van der Waals surface area contributed by atoms with Gasteiger partial charge in [0.2, 0.25) is 0 Å². The summed E-state index contributed by atoms with van der Waals surface area (Å²) in [5.74, 6) is 2.32. The van der Waals surface area contributed by atoms with E-state index in [4.69, 9.17) is 21.6 Å². The van der Waals surface area contributed by atoms with Gasteiger partial charge in [0.15, 0.2) is 11.0 Å². The van der Waals surface area contributed by atoms with Crippen LogP contribution in [0.4, 0.5) is 0 Å². The second-order valence-electron chi connectivity index (χ2n) is 6.63. The predicted molar refractivity (Wildman–Crippen MR) is 116 cm³/mol. The maximum atomic E-state index is 8.86. The minimum atomic E-state index is 0.0995. The van der Waals surface area contributed by atoms with Gasteiger partial charge in [-0.1, -0.05) is 23.4 Å². The van der Waals surface area contributed by atoms with Crippen molar-refractivity contribution in [3.8, 4) is 17.5 Å². The standard InChI is InChI=1S/C21H22ClN5OS/c1-15(26(2)3)20-24-25-21(27(20)18-8-6-17(22)7-9-18)29-13-12-28-19-10-4-16(14-23)5-11-19/h4-11,15H,12-13H2,1-3H3. The lowest BCUT2D eigenvalue weighted by molar-refractivity contribution is 0.305. The average molecular weight is 428 g/mol. The molecule has 0 bridgehead atoms. The van der Waals surface area contributed by atoms with Crippen LogP contribution in [0.1, 0.15) is 24.4 Å². The SMILES string of the molecule is CC(c1nnc(SCCOc2ccc(C#N)cc2)n1-c1ccc(Cl)cc1)N(C)C. The number of hydrogen-bond donors (Lipinski definition) is 0. The third kappa shape index (κ3) is 5.30. The lowest BCUT2D eigenvalue weighted by Gasteiger charge is -2.20. The lowest BCUT2D eigenvalue weighted by Crippen LogP contribution is -2.20. The molecule has 0 amide bonds. The smallest absolute Gasteiger partial charge is 0.196 e. The van der Waals surface area contributed by atoms with E-state index in [1.165, 1.54) is 0 Å². The summed E-state index contributed by atoms with van der Waals surface area (Å²) in [6.07, 6.45) is 0. The predicted octanol–water partition coefficient (Wildman–Crippen LogP) is 4.59. The molecule has 0 N–H and O–H groups in total. The normalized spacial score (nSPS) is 12.0. The number of nitriles is 1. The Hall–Kier alpha value is -2.53. The summed E-state index contributed by atoms with van der Waals surface area (Å²) < 4.78 is 7.83. The number of rotatable bonds is 8. The largest absolute Gasteiger partial charge is 0.493 e. The van der Waals surface area contributed by atoms with E-state index in [1.54, 1.807) is 36.0 Å². The first-order valence-corrected chi connectivity index (χ1v) is 10.5. The summed E-state index contributed by atoms with van der Waals surface area (Å²) >= 11 is 7.64. The van der Waals surface area contributed by atoms with Crippen molar-refractivity contribution < 1.29 is 4.74 Å². The first-order valence-electron chi connectivity index (χ1n) is 9.13.